The Bertz CT molecular complexity index is 429. The fourth-order valence-electron chi connectivity index (χ4n) is 1.79. The summed E-state index contributed by atoms with van der Waals surface area (Å²) >= 11 is 0. The fraction of sp³-hybridized carbons (Fsp3) is 0.294. The second-order valence-corrected chi connectivity index (χ2v) is 6.20. The number of hydrogen-bond donors (Lipinski definition) is 0. The zero-order valence-corrected chi connectivity index (χ0v) is 12.8. The normalized spacial score (nSPS) is 10.9. The van der Waals surface area contributed by atoms with E-state index in [-0.39, 0.29) is 0 Å². The molecule has 0 aliphatic rings. The van der Waals surface area contributed by atoms with Crippen LogP contribution in [0.1, 0.15) is 24.5 Å². The Morgan fingerprint density at radius 1 is 0.750 bits per heavy atom. The molecule has 2 nitrogen and oxygen atoms in total. The monoisotopic (exact) mass is 288 g/mol. The van der Waals surface area contributed by atoms with Gasteiger partial charge in [0.2, 0.25) is 0 Å². The van der Waals surface area contributed by atoms with E-state index in [9.17, 15) is 0 Å². The van der Waals surface area contributed by atoms with Crippen molar-refractivity contribution in [3.05, 3.63) is 71.8 Å². The first kappa shape index (κ1) is 15.2. The third-order valence-electron chi connectivity index (χ3n) is 2.84. The molecule has 0 unspecified atom stereocenters. The van der Waals surface area contributed by atoms with Gasteiger partial charge in [-0.1, -0.05) is 67.6 Å². The second kappa shape index (κ2) is 8.86. The van der Waals surface area contributed by atoms with Gasteiger partial charge in [-0.05, 0) is 17.5 Å². The highest BCUT2D eigenvalue weighted by atomic mass is 31.2. The molecule has 0 aromatic heterocycles. The number of rotatable bonds is 8. The summed E-state index contributed by atoms with van der Waals surface area (Å²) in [5, 5.41) is 0. The molecule has 2 aromatic carbocycles. The first-order chi connectivity index (χ1) is 9.88. The third kappa shape index (κ3) is 5.42. The molecule has 0 aliphatic carbocycles. The lowest BCUT2D eigenvalue weighted by Crippen LogP contribution is -1.96. The van der Waals surface area contributed by atoms with E-state index >= 15 is 0 Å². The molecule has 0 N–H and O–H groups in total. The summed E-state index contributed by atoms with van der Waals surface area (Å²) in [6.45, 7) is 3.41. The number of benzene rings is 2. The molecule has 0 spiro atoms. The fourth-order valence-corrected chi connectivity index (χ4v) is 3.07. The molecule has 0 radical (unpaired) electrons. The molecule has 2 rings (SSSR count). The lowest BCUT2D eigenvalue weighted by molar-refractivity contribution is 0.235. The van der Waals surface area contributed by atoms with Crippen LogP contribution in [0.25, 0.3) is 0 Å². The summed E-state index contributed by atoms with van der Waals surface area (Å²) in [6, 6.07) is 20.5. The number of hydrogen-bond acceptors (Lipinski definition) is 2. The summed E-state index contributed by atoms with van der Waals surface area (Å²) in [4.78, 5) is 0. The van der Waals surface area contributed by atoms with Crippen LogP contribution in [-0.4, -0.2) is 6.16 Å². The van der Waals surface area contributed by atoms with Crippen LogP contribution < -0.4 is 0 Å². The first-order valence-corrected chi connectivity index (χ1v) is 8.36. The van der Waals surface area contributed by atoms with Crippen LogP contribution >= 0.6 is 8.38 Å². The van der Waals surface area contributed by atoms with Crippen LogP contribution in [0, 0.1) is 0 Å². The van der Waals surface area contributed by atoms with Crippen molar-refractivity contribution < 1.29 is 9.05 Å². The molecule has 0 atom stereocenters. The average molecular weight is 288 g/mol. The predicted octanol–water partition coefficient (Wildman–Crippen LogP) is 5.14. The van der Waals surface area contributed by atoms with Crippen LogP contribution in [0.3, 0.4) is 0 Å². The Morgan fingerprint density at radius 3 is 1.60 bits per heavy atom. The highest BCUT2D eigenvalue weighted by Crippen LogP contribution is 2.40. The summed E-state index contributed by atoms with van der Waals surface area (Å²) in [5.41, 5.74) is 2.39. The van der Waals surface area contributed by atoms with Gasteiger partial charge in [0.15, 0.2) is 8.38 Å². The zero-order chi connectivity index (χ0) is 14.0. The molecule has 0 fully saturated rings. The van der Waals surface area contributed by atoms with Crippen molar-refractivity contribution >= 4 is 8.38 Å². The van der Waals surface area contributed by atoms with Crippen LogP contribution in [0.5, 0.6) is 0 Å². The minimum absolute atomic E-state index is 0.626. The minimum Gasteiger partial charge on any atom is -0.329 e. The van der Waals surface area contributed by atoms with Gasteiger partial charge in [0.25, 0.3) is 0 Å². The van der Waals surface area contributed by atoms with Gasteiger partial charge in [0.1, 0.15) is 0 Å². The Kier molecular flexibility index (Phi) is 6.73. The van der Waals surface area contributed by atoms with E-state index in [1.165, 1.54) is 11.1 Å². The minimum atomic E-state index is -0.808. The van der Waals surface area contributed by atoms with Gasteiger partial charge in [-0.15, -0.1) is 0 Å². The molecule has 3 heteroatoms. The smallest absolute Gasteiger partial charge is 0.171 e. The predicted molar refractivity (Wildman–Crippen MR) is 84.5 cm³/mol. The topological polar surface area (TPSA) is 18.5 Å². The van der Waals surface area contributed by atoms with Crippen LogP contribution in [0.4, 0.5) is 0 Å². The molecule has 0 heterocycles. The van der Waals surface area contributed by atoms with Gasteiger partial charge >= 0.3 is 0 Å². The molecule has 20 heavy (non-hydrogen) atoms. The summed E-state index contributed by atoms with van der Waals surface area (Å²) in [6.07, 6.45) is 2.06. The van der Waals surface area contributed by atoms with E-state index in [0.29, 0.717) is 13.2 Å². The van der Waals surface area contributed by atoms with E-state index in [1.54, 1.807) is 0 Å². The van der Waals surface area contributed by atoms with E-state index in [1.807, 2.05) is 36.4 Å². The average Bonchev–Trinajstić information content (AvgIpc) is 2.52. The van der Waals surface area contributed by atoms with Crippen molar-refractivity contribution in [1.29, 1.82) is 0 Å². The van der Waals surface area contributed by atoms with Gasteiger partial charge < -0.3 is 9.05 Å². The standard InChI is InChI=1S/C17H21O2P/c1-2-13-20(18-14-16-9-5-3-6-10-16)19-15-17-11-7-4-8-12-17/h3-12H,2,13-15H2,1H3. The van der Waals surface area contributed by atoms with Gasteiger partial charge in [-0.2, -0.15) is 0 Å². The van der Waals surface area contributed by atoms with E-state index < -0.39 is 8.38 Å². The summed E-state index contributed by atoms with van der Waals surface area (Å²) < 4.78 is 11.9. The lowest BCUT2D eigenvalue weighted by Gasteiger charge is -2.17. The van der Waals surface area contributed by atoms with Crippen molar-refractivity contribution in [2.24, 2.45) is 0 Å². The molecule has 0 amide bonds. The lowest BCUT2D eigenvalue weighted by atomic mass is 10.2. The molecule has 2 aromatic rings. The van der Waals surface area contributed by atoms with Crippen molar-refractivity contribution in [2.75, 3.05) is 6.16 Å². The van der Waals surface area contributed by atoms with Crippen LogP contribution in [0.15, 0.2) is 60.7 Å². The Hall–Kier alpha value is -1.21. The Labute approximate surface area is 122 Å². The van der Waals surface area contributed by atoms with Crippen LogP contribution in [-0.2, 0) is 22.3 Å². The van der Waals surface area contributed by atoms with Crippen molar-refractivity contribution in [1.82, 2.24) is 0 Å². The van der Waals surface area contributed by atoms with E-state index in [0.717, 1.165) is 12.6 Å². The largest absolute Gasteiger partial charge is 0.329 e. The highest BCUT2D eigenvalue weighted by Gasteiger charge is 2.10. The maximum absolute atomic E-state index is 5.93. The van der Waals surface area contributed by atoms with Gasteiger partial charge in [-0.25, -0.2) is 0 Å². The Morgan fingerprint density at radius 2 is 1.20 bits per heavy atom. The molecule has 106 valence electrons. The van der Waals surface area contributed by atoms with Crippen molar-refractivity contribution in [2.45, 2.75) is 26.6 Å². The van der Waals surface area contributed by atoms with Crippen LogP contribution in [0.2, 0.25) is 0 Å². The van der Waals surface area contributed by atoms with E-state index in [4.69, 9.17) is 9.05 Å². The molecular formula is C17H21O2P. The quantitative estimate of drug-likeness (QED) is 0.626. The van der Waals surface area contributed by atoms with Crippen molar-refractivity contribution in [3.63, 3.8) is 0 Å². The summed E-state index contributed by atoms with van der Waals surface area (Å²) in [7, 11) is -0.808. The second-order valence-electron chi connectivity index (χ2n) is 4.57. The van der Waals surface area contributed by atoms with Gasteiger partial charge in [0.05, 0.1) is 13.2 Å². The first-order valence-electron chi connectivity index (χ1n) is 6.99. The van der Waals surface area contributed by atoms with Gasteiger partial charge in [-0.3, -0.25) is 0 Å². The molecule has 0 bridgehead atoms. The summed E-state index contributed by atoms with van der Waals surface area (Å²) in [5.74, 6) is 0. The molecule has 0 saturated carbocycles. The van der Waals surface area contributed by atoms with E-state index in [2.05, 4.69) is 31.2 Å². The highest BCUT2D eigenvalue weighted by molar-refractivity contribution is 7.47. The Balaban J connectivity index is 1.81. The SMILES string of the molecule is CCCP(OCc1ccccc1)OCc1ccccc1. The third-order valence-corrected chi connectivity index (χ3v) is 4.49. The maximum atomic E-state index is 5.93. The maximum Gasteiger partial charge on any atom is 0.171 e. The molecule has 0 aliphatic heterocycles. The molecule has 0 saturated heterocycles. The zero-order valence-electron chi connectivity index (χ0n) is 11.9. The van der Waals surface area contributed by atoms with Crippen molar-refractivity contribution in [3.8, 4) is 0 Å². The van der Waals surface area contributed by atoms with Gasteiger partial charge in [0, 0.05) is 6.16 Å². The molecular weight excluding hydrogens is 267 g/mol.